The van der Waals surface area contributed by atoms with E-state index in [1.807, 2.05) is 35.2 Å². The standard InChI is InChI=1S/C20H22ClN3O/c21-17-5-3-6-18(14-17)23-12-10-22(11-13-23)15-20(25)24-9-8-16-4-1-2-7-19(16)24/h1-7,14H,8-13,15H2/p+1. The lowest BCUT2D eigenvalue weighted by molar-refractivity contribution is -0.892. The Hall–Kier alpha value is -2.04. The smallest absolute Gasteiger partial charge is 0.282 e. The number of quaternary nitrogens is 1. The number of carbonyl (C=O) groups excluding carboxylic acids is 1. The highest BCUT2D eigenvalue weighted by Crippen LogP contribution is 2.27. The van der Waals surface area contributed by atoms with Gasteiger partial charge in [-0.3, -0.25) is 4.79 Å². The quantitative estimate of drug-likeness (QED) is 0.905. The molecule has 4 nitrogen and oxygen atoms in total. The molecular weight excluding hydrogens is 334 g/mol. The zero-order valence-electron chi connectivity index (χ0n) is 14.2. The van der Waals surface area contributed by atoms with Gasteiger partial charge in [0.15, 0.2) is 6.54 Å². The first-order chi connectivity index (χ1) is 12.2. The molecule has 4 rings (SSSR count). The number of fused-ring (bicyclic) bond motifs is 1. The van der Waals surface area contributed by atoms with E-state index in [1.165, 1.54) is 16.2 Å². The number of nitrogens with one attached hydrogen (secondary N) is 1. The van der Waals surface area contributed by atoms with Gasteiger partial charge in [0.2, 0.25) is 0 Å². The van der Waals surface area contributed by atoms with E-state index in [2.05, 4.69) is 23.1 Å². The van der Waals surface area contributed by atoms with Crippen LogP contribution in [-0.2, 0) is 11.2 Å². The summed E-state index contributed by atoms with van der Waals surface area (Å²) in [5.74, 6) is 0.246. The third-order valence-corrected chi connectivity index (χ3v) is 5.47. The van der Waals surface area contributed by atoms with E-state index in [4.69, 9.17) is 11.6 Å². The number of benzene rings is 2. The number of hydrogen-bond donors (Lipinski definition) is 1. The van der Waals surface area contributed by atoms with E-state index < -0.39 is 0 Å². The third-order valence-electron chi connectivity index (χ3n) is 5.23. The van der Waals surface area contributed by atoms with Gasteiger partial charge in [0, 0.05) is 22.9 Å². The third kappa shape index (κ3) is 3.51. The second kappa shape index (κ2) is 7.06. The molecule has 0 radical (unpaired) electrons. The lowest BCUT2D eigenvalue weighted by Crippen LogP contribution is -3.16. The minimum atomic E-state index is 0.246. The van der Waals surface area contributed by atoms with Crippen molar-refractivity contribution in [2.75, 3.05) is 49.1 Å². The van der Waals surface area contributed by atoms with Gasteiger partial charge in [-0.2, -0.15) is 0 Å². The summed E-state index contributed by atoms with van der Waals surface area (Å²) in [6.45, 7) is 5.28. The fourth-order valence-electron chi connectivity index (χ4n) is 3.84. The molecule has 2 aliphatic heterocycles. The minimum Gasteiger partial charge on any atom is -0.360 e. The van der Waals surface area contributed by atoms with Gasteiger partial charge in [-0.15, -0.1) is 0 Å². The van der Waals surface area contributed by atoms with Crippen molar-refractivity contribution in [3.05, 3.63) is 59.1 Å². The molecule has 1 N–H and O–H groups in total. The zero-order valence-corrected chi connectivity index (χ0v) is 15.0. The van der Waals surface area contributed by atoms with E-state index in [-0.39, 0.29) is 5.91 Å². The van der Waals surface area contributed by atoms with Crippen molar-refractivity contribution in [2.24, 2.45) is 0 Å². The Bertz CT molecular complexity index is 771. The Morgan fingerprint density at radius 2 is 1.84 bits per heavy atom. The van der Waals surface area contributed by atoms with Gasteiger partial charge in [-0.05, 0) is 36.2 Å². The number of halogens is 1. The van der Waals surface area contributed by atoms with Crippen molar-refractivity contribution in [3.8, 4) is 0 Å². The molecule has 0 aromatic heterocycles. The van der Waals surface area contributed by atoms with Gasteiger partial charge >= 0.3 is 0 Å². The predicted octanol–water partition coefficient (Wildman–Crippen LogP) is 1.63. The number of hydrogen-bond acceptors (Lipinski definition) is 2. The van der Waals surface area contributed by atoms with E-state index in [0.29, 0.717) is 6.54 Å². The highest BCUT2D eigenvalue weighted by molar-refractivity contribution is 6.30. The number of para-hydroxylation sites is 1. The monoisotopic (exact) mass is 356 g/mol. The SMILES string of the molecule is O=C(C[NH+]1CCN(c2cccc(Cl)c2)CC1)N1CCc2ccccc21. The largest absolute Gasteiger partial charge is 0.360 e. The average Bonchev–Trinajstić information content (AvgIpc) is 3.06. The summed E-state index contributed by atoms with van der Waals surface area (Å²) in [6.07, 6.45) is 0.972. The van der Waals surface area contributed by atoms with E-state index in [9.17, 15) is 4.79 Å². The summed E-state index contributed by atoms with van der Waals surface area (Å²) in [7, 11) is 0. The molecule has 1 amide bonds. The lowest BCUT2D eigenvalue weighted by Gasteiger charge is -2.34. The molecule has 2 aliphatic rings. The Balaban J connectivity index is 1.34. The molecule has 0 spiro atoms. The van der Waals surface area contributed by atoms with Gasteiger partial charge in [-0.1, -0.05) is 35.9 Å². The summed E-state index contributed by atoms with van der Waals surface area (Å²) >= 11 is 6.09. The van der Waals surface area contributed by atoms with Crippen molar-refractivity contribution in [1.29, 1.82) is 0 Å². The molecule has 1 saturated heterocycles. The van der Waals surface area contributed by atoms with Crippen LogP contribution < -0.4 is 14.7 Å². The molecule has 0 aliphatic carbocycles. The van der Waals surface area contributed by atoms with Crippen LogP contribution >= 0.6 is 11.6 Å². The summed E-state index contributed by atoms with van der Waals surface area (Å²) in [4.78, 5) is 18.4. The Morgan fingerprint density at radius 1 is 1.04 bits per heavy atom. The molecule has 0 unspecified atom stereocenters. The zero-order chi connectivity index (χ0) is 17.2. The molecule has 0 saturated carbocycles. The van der Waals surface area contributed by atoms with Gasteiger partial charge in [0.25, 0.3) is 5.91 Å². The molecular formula is C20H23ClN3O+. The summed E-state index contributed by atoms with van der Waals surface area (Å²) in [6, 6.07) is 16.3. The van der Waals surface area contributed by atoms with E-state index in [1.54, 1.807) is 0 Å². The molecule has 2 aromatic carbocycles. The molecule has 25 heavy (non-hydrogen) atoms. The maximum atomic E-state index is 12.7. The summed E-state index contributed by atoms with van der Waals surface area (Å²) in [5, 5.41) is 0.773. The van der Waals surface area contributed by atoms with E-state index >= 15 is 0 Å². The van der Waals surface area contributed by atoms with Gasteiger partial charge < -0.3 is 14.7 Å². The van der Waals surface area contributed by atoms with Crippen LogP contribution in [0.25, 0.3) is 0 Å². The number of nitrogens with zero attached hydrogens (tertiary/aromatic N) is 2. The summed E-state index contributed by atoms with van der Waals surface area (Å²) < 4.78 is 0. The van der Waals surface area contributed by atoms with Crippen molar-refractivity contribution < 1.29 is 9.69 Å². The van der Waals surface area contributed by atoms with Crippen LogP contribution in [0.2, 0.25) is 5.02 Å². The van der Waals surface area contributed by atoms with Crippen molar-refractivity contribution >= 4 is 28.9 Å². The number of amides is 1. The van der Waals surface area contributed by atoms with Crippen molar-refractivity contribution in [1.82, 2.24) is 0 Å². The number of piperazine rings is 1. The molecule has 5 heteroatoms. The van der Waals surface area contributed by atoms with Crippen LogP contribution in [0.4, 0.5) is 11.4 Å². The Morgan fingerprint density at radius 3 is 2.64 bits per heavy atom. The van der Waals surface area contributed by atoms with Gasteiger partial charge in [-0.25, -0.2) is 0 Å². The van der Waals surface area contributed by atoms with Crippen LogP contribution in [0.1, 0.15) is 5.56 Å². The van der Waals surface area contributed by atoms with E-state index in [0.717, 1.165) is 49.9 Å². The second-order valence-electron chi connectivity index (χ2n) is 6.82. The molecule has 2 heterocycles. The Kier molecular flexibility index (Phi) is 4.64. The first-order valence-electron chi connectivity index (χ1n) is 8.93. The maximum absolute atomic E-state index is 12.7. The number of carbonyl (C=O) groups is 1. The lowest BCUT2D eigenvalue weighted by atomic mass is 10.2. The molecule has 1 fully saturated rings. The highest BCUT2D eigenvalue weighted by atomic mass is 35.5. The first kappa shape index (κ1) is 16.4. The van der Waals surface area contributed by atoms with Crippen LogP contribution in [0.3, 0.4) is 0 Å². The van der Waals surface area contributed by atoms with Crippen LogP contribution in [0.5, 0.6) is 0 Å². The van der Waals surface area contributed by atoms with Crippen molar-refractivity contribution in [2.45, 2.75) is 6.42 Å². The second-order valence-corrected chi connectivity index (χ2v) is 7.25. The fraction of sp³-hybridized carbons (Fsp3) is 0.350. The molecule has 0 bridgehead atoms. The number of rotatable bonds is 3. The van der Waals surface area contributed by atoms with Crippen LogP contribution in [-0.4, -0.2) is 45.2 Å². The highest BCUT2D eigenvalue weighted by Gasteiger charge is 2.29. The average molecular weight is 357 g/mol. The Labute approximate surface area is 153 Å². The summed E-state index contributed by atoms with van der Waals surface area (Å²) in [5.41, 5.74) is 3.56. The molecule has 130 valence electrons. The molecule has 2 aromatic rings. The maximum Gasteiger partial charge on any atom is 0.282 e. The minimum absolute atomic E-state index is 0.246. The van der Waals surface area contributed by atoms with Crippen LogP contribution in [0.15, 0.2) is 48.5 Å². The fourth-order valence-corrected chi connectivity index (χ4v) is 4.02. The number of anilines is 2. The molecule has 0 atom stereocenters. The van der Waals surface area contributed by atoms with Crippen LogP contribution in [0, 0.1) is 0 Å². The van der Waals surface area contributed by atoms with Gasteiger partial charge in [0.1, 0.15) is 0 Å². The normalized spacial score (nSPS) is 17.6. The van der Waals surface area contributed by atoms with Gasteiger partial charge in [0.05, 0.1) is 26.2 Å². The predicted molar refractivity (Wildman–Crippen MR) is 102 cm³/mol. The topological polar surface area (TPSA) is 28.0 Å². The first-order valence-corrected chi connectivity index (χ1v) is 9.31. The van der Waals surface area contributed by atoms with Crippen molar-refractivity contribution in [3.63, 3.8) is 0 Å².